The Morgan fingerprint density at radius 1 is 1.10 bits per heavy atom. The summed E-state index contributed by atoms with van der Waals surface area (Å²) in [5.74, 6) is 1.46. The molecular formula is C22H31IN4O2S. The summed E-state index contributed by atoms with van der Waals surface area (Å²) < 4.78 is 25.7. The Kier molecular flexibility index (Phi) is 9.57. The van der Waals surface area contributed by atoms with Crippen molar-refractivity contribution in [3.63, 3.8) is 0 Å². The van der Waals surface area contributed by atoms with Gasteiger partial charge >= 0.3 is 0 Å². The molecule has 1 fully saturated rings. The summed E-state index contributed by atoms with van der Waals surface area (Å²) in [5, 5.41) is 3.41. The lowest BCUT2D eigenvalue weighted by molar-refractivity contribution is 0.486. The van der Waals surface area contributed by atoms with E-state index in [2.05, 4.69) is 52.2 Å². The summed E-state index contributed by atoms with van der Waals surface area (Å²) in [6.07, 6.45) is 1.13. The molecule has 0 saturated carbocycles. The van der Waals surface area contributed by atoms with Gasteiger partial charge in [0.05, 0.1) is 12.3 Å². The lowest BCUT2D eigenvalue weighted by atomic mass is 9.99. The third kappa shape index (κ3) is 6.95. The van der Waals surface area contributed by atoms with Gasteiger partial charge < -0.3 is 10.2 Å². The Balaban J connectivity index is 0.00000320. The summed E-state index contributed by atoms with van der Waals surface area (Å²) in [6.45, 7) is 5.43. The molecule has 1 heterocycles. The summed E-state index contributed by atoms with van der Waals surface area (Å²) in [4.78, 5) is 7.14. The van der Waals surface area contributed by atoms with Crippen LogP contribution in [-0.2, 0) is 22.3 Å². The lowest BCUT2D eigenvalue weighted by Crippen LogP contribution is -2.40. The van der Waals surface area contributed by atoms with Crippen LogP contribution in [0.1, 0.15) is 36.0 Å². The first-order chi connectivity index (χ1) is 14.0. The number of guanidine groups is 1. The van der Waals surface area contributed by atoms with Crippen LogP contribution in [0.15, 0.2) is 59.6 Å². The van der Waals surface area contributed by atoms with Gasteiger partial charge in [-0.2, -0.15) is 0 Å². The first-order valence-corrected chi connectivity index (χ1v) is 11.7. The molecule has 0 aliphatic carbocycles. The Morgan fingerprint density at radius 3 is 2.40 bits per heavy atom. The number of hydrogen-bond acceptors (Lipinski definition) is 3. The number of benzene rings is 2. The molecule has 2 aromatic carbocycles. The average molecular weight is 542 g/mol. The highest BCUT2D eigenvalue weighted by molar-refractivity contribution is 14.0. The summed E-state index contributed by atoms with van der Waals surface area (Å²) in [7, 11) is -1.82. The van der Waals surface area contributed by atoms with Crippen LogP contribution in [0.2, 0.25) is 0 Å². The molecule has 164 valence electrons. The first-order valence-electron chi connectivity index (χ1n) is 10.1. The molecule has 1 atom stereocenters. The smallest absolute Gasteiger partial charge is 0.215 e. The second-order valence-corrected chi connectivity index (χ2v) is 9.22. The number of hydrogen-bond donors (Lipinski definition) is 2. The van der Waals surface area contributed by atoms with Gasteiger partial charge in [0.2, 0.25) is 10.0 Å². The fraction of sp³-hybridized carbons (Fsp3) is 0.409. The Morgan fingerprint density at radius 2 is 1.77 bits per heavy atom. The van der Waals surface area contributed by atoms with Crippen LogP contribution in [0.4, 0.5) is 0 Å². The van der Waals surface area contributed by atoms with E-state index >= 15 is 0 Å². The minimum atomic E-state index is -3.25. The molecule has 8 heteroatoms. The van der Waals surface area contributed by atoms with Gasteiger partial charge in [0.25, 0.3) is 0 Å². The van der Waals surface area contributed by atoms with Gasteiger partial charge in [0, 0.05) is 25.6 Å². The van der Waals surface area contributed by atoms with Crippen LogP contribution < -0.4 is 10.0 Å². The number of aliphatic imine (C=N–C) groups is 1. The Labute approximate surface area is 197 Å². The number of likely N-dealkylation sites (tertiary alicyclic amines) is 1. The molecule has 0 amide bonds. The molecule has 1 aliphatic rings. The molecule has 30 heavy (non-hydrogen) atoms. The van der Waals surface area contributed by atoms with Crippen molar-refractivity contribution < 1.29 is 8.42 Å². The van der Waals surface area contributed by atoms with Gasteiger partial charge in [-0.05, 0) is 37.1 Å². The molecule has 1 unspecified atom stereocenters. The average Bonchev–Trinajstić information content (AvgIpc) is 3.23. The molecule has 6 nitrogen and oxygen atoms in total. The highest BCUT2D eigenvalue weighted by Gasteiger charge is 2.25. The lowest BCUT2D eigenvalue weighted by Gasteiger charge is -2.22. The van der Waals surface area contributed by atoms with Crippen LogP contribution in [-0.4, -0.2) is 46.0 Å². The highest BCUT2D eigenvalue weighted by atomic mass is 127. The van der Waals surface area contributed by atoms with Crippen molar-refractivity contribution in [1.82, 2.24) is 14.9 Å². The molecule has 0 radical (unpaired) electrons. The molecule has 0 aromatic heterocycles. The second kappa shape index (κ2) is 11.7. The molecule has 2 N–H and O–H groups in total. The largest absolute Gasteiger partial charge is 0.357 e. The maximum Gasteiger partial charge on any atom is 0.215 e. The predicted molar refractivity (Wildman–Crippen MR) is 134 cm³/mol. The minimum absolute atomic E-state index is 0. The van der Waals surface area contributed by atoms with Crippen molar-refractivity contribution in [1.29, 1.82) is 0 Å². The van der Waals surface area contributed by atoms with Crippen molar-refractivity contribution in [3.05, 3.63) is 71.3 Å². The molecule has 1 aliphatic heterocycles. The zero-order valence-corrected chi connectivity index (χ0v) is 20.7. The maximum absolute atomic E-state index is 11.7. The van der Waals surface area contributed by atoms with E-state index in [1.165, 1.54) is 12.6 Å². The van der Waals surface area contributed by atoms with Gasteiger partial charge in [-0.15, -0.1) is 24.0 Å². The highest BCUT2D eigenvalue weighted by Crippen LogP contribution is 2.27. The first kappa shape index (κ1) is 24.6. The van der Waals surface area contributed by atoms with E-state index in [-0.39, 0.29) is 29.7 Å². The van der Waals surface area contributed by atoms with Crippen LogP contribution >= 0.6 is 24.0 Å². The fourth-order valence-electron chi connectivity index (χ4n) is 3.57. The topological polar surface area (TPSA) is 73.8 Å². The molecular weight excluding hydrogens is 511 g/mol. The van der Waals surface area contributed by atoms with Crippen molar-refractivity contribution in [2.45, 2.75) is 31.6 Å². The van der Waals surface area contributed by atoms with Gasteiger partial charge in [-0.1, -0.05) is 54.6 Å². The van der Waals surface area contributed by atoms with Gasteiger partial charge in [0.15, 0.2) is 5.96 Å². The second-order valence-electron chi connectivity index (χ2n) is 7.29. The minimum Gasteiger partial charge on any atom is -0.357 e. The van der Waals surface area contributed by atoms with Crippen molar-refractivity contribution in [2.75, 3.05) is 26.7 Å². The van der Waals surface area contributed by atoms with E-state index in [9.17, 15) is 8.42 Å². The number of halogens is 1. The van der Waals surface area contributed by atoms with Crippen molar-refractivity contribution in [2.24, 2.45) is 4.99 Å². The fourth-order valence-corrected chi connectivity index (χ4v) is 4.35. The summed E-state index contributed by atoms with van der Waals surface area (Å²) in [5.41, 5.74) is 3.21. The van der Waals surface area contributed by atoms with Crippen LogP contribution in [0, 0.1) is 0 Å². The normalized spacial score (nSPS) is 16.9. The number of nitrogens with zero attached hydrogens (tertiary/aromatic N) is 2. The third-order valence-corrected chi connectivity index (χ3v) is 6.53. The molecule has 3 rings (SSSR count). The summed E-state index contributed by atoms with van der Waals surface area (Å²) in [6, 6.07) is 18.3. The quantitative estimate of drug-likeness (QED) is 0.320. The monoisotopic (exact) mass is 542 g/mol. The zero-order valence-electron chi connectivity index (χ0n) is 17.5. The summed E-state index contributed by atoms with van der Waals surface area (Å²) >= 11 is 0. The van der Waals surface area contributed by atoms with E-state index in [0.29, 0.717) is 12.5 Å². The molecule has 1 saturated heterocycles. The van der Waals surface area contributed by atoms with E-state index in [1.807, 2.05) is 24.3 Å². The van der Waals surface area contributed by atoms with Gasteiger partial charge in [-0.25, -0.2) is 18.1 Å². The Bertz CT molecular complexity index is 918. The van der Waals surface area contributed by atoms with E-state index in [1.54, 1.807) is 0 Å². The van der Waals surface area contributed by atoms with Crippen LogP contribution in [0.5, 0.6) is 0 Å². The number of rotatable bonds is 7. The van der Waals surface area contributed by atoms with E-state index in [0.717, 1.165) is 43.1 Å². The Hall–Kier alpha value is -1.65. The standard InChI is InChI=1S/C22H30N4O2S.HI/c1-3-24-22(26-14-13-21(16-26)20-7-5-4-6-8-20)25-15-18-9-11-19(12-10-18)17-29(27,28)23-2;/h4-12,21,23H,3,13-17H2,1-2H3,(H,24,25);1H. The number of nitrogens with one attached hydrogen (secondary N) is 2. The van der Waals surface area contributed by atoms with Gasteiger partial charge in [-0.3, -0.25) is 0 Å². The van der Waals surface area contributed by atoms with E-state index in [4.69, 9.17) is 4.99 Å². The third-order valence-electron chi connectivity index (χ3n) is 5.20. The number of sulfonamides is 1. The van der Waals surface area contributed by atoms with Crippen LogP contribution in [0.25, 0.3) is 0 Å². The predicted octanol–water partition coefficient (Wildman–Crippen LogP) is 3.31. The SMILES string of the molecule is CCNC(=NCc1ccc(CS(=O)(=O)NC)cc1)N1CCC(c2ccccc2)C1.I. The molecule has 0 bridgehead atoms. The van der Waals surface area contributed by atoms with E-state index < -0.39 is 10.0 Å². The van der Waals surface area contributed by atoms with Crippen LogP contribution in [0.3, 0.4) is 0 Å². The zero-order chi connectivity index (χ0) is 20.7. The van der Waals surface area contributed by atoms with Gasteiger partial charge in [0.1, 0.15) is 0 Å². The maximum atomic E-state index is 11.7. The van der Waals surface area contributed by atoms with Crippen molar-refractivity contribution in [3.8, 4) is 0 Å². The molecule has 0 spiro atoms. The molecule has 2 aromatic rings. The van der Waals surface area contributed by atoms with Crippen molar-refractivity contribution >= 4 is 40.0 Å².